The van der Waals surface area contributed by atoms with Crippen molar-refractivity contribution in [3.63, 3.8) is 0 Å². The molecule has 0 saturated heterocycles. The number of rotatable bonds is 6. The van der Waals surface area contributed by atoms with Gasteiger partial charge in [0.1, 0.15) is 0 Å². The van der Waals surface area contributed by atoms with Crippen LogP contribution in [0.4, 0.5) is 0 Å². The number of halogens is 1. The fourth-order valence-electron chi connectivity index (χ4n) is 1.44. The Bertz CT molecular complexity index is 595. The van der Waals surface area contributed by atoms with Crippen LogP contribution < -0.4 is 4.72 Å². The van der Waals surface area contributed by atoms with E-state index in [2.05, 4.69) is 27.2 Å². The lowest BCUT2D eigenvalue weighted by Gasteiger charge is -2.35. The first-order valence-electron chi connectivity index (χ1n) is 6.00. The van der Waals surface area contributed by atoms with E-state index in [0.29, 0.717) is 4.48 Å². The van der Waals surface area contributed by atoms with Gasteiger partial charge >= 0.3 is 0 Å². The lowest BCUT2D eigenvalue weighted by Crippen LogP contribution is -2.52. The third-order valence-corrected chi connectivity index (χ3v) is 4.72. The van der Waals surface area contributed by atoms with E-state index >= 15 is 0 Å². The molecule has 1 aromatic rings. The van der Waals surface area contributed by atoms with E-state index in [9.17, 15) is 8.42 Å². The second-order valence-corrected chi connectivity index (χ2v) is 7.55. The highest BCUT2D eigenvalue weighted by Gasteiger charge is 2.28. The molecule has 0 aliphatic rings. The average Bonchev–Trinajstić information content (AvgIpc) is 2.35. The molecule has 4 nitrogen and oxygen atoms in total. The second-order valence-electron chi connectivity index (χ2n) is 4.85. The zero-order valence-corrected chi connectivity index (χ0v) is 14.2. The third-order valence-electron chi connectivity index (χ3n) is 2.80. The van der Waals surface area contributed by atoms with Crippen molar-refractivity contribution in [1.82, 2.24) is 9.62 Å². The number of hydrogen-bond acceptors (Lipinski definition) is 3. The van der Waals surface area contributed by atoms with E-state index < -0.39 is 15.7 Å². The molecule has 1 aromatic carbocycles. The van der Waals surface area contributed by atoms with Crippen LogP contribution in [0.2, 0.25) is 0 Å². The fraction of sp³-hybridized carbons (Fsp3) is 0.286. The Labute approximate surface area is 129 Å². The number of hydrogen-bond donors (Lipinski definition) is 1. The molecule has 1 rings (SSSR count). The van der Waals surface area contributed by atoms with Gasteiger partial charge in [-0.25, -0.2) is 8.42 Å². The van der Waals surface area contributed by atoms with Gasteiger partial charge in [-0.3, -0.25) is 0 Å². The standard InChI is InChI=1S/C14H19BrN2O2S/c1-12(15)10-11-17(4)14(2,3)16-20(18,19)13-8-6-5-7-9-13/h5-11,16H,1H2,2-4H3/b11-10-. The van der Waals surface area contributed by atoms with Gasteiger partial charge < -0.3 is 4.90 Å². The number of nitrogens with zero attached hydrogens (tertiary/aromatic N) is 1. The molecule has 0 atom stereocenters. The molecule has 0 amide bonds. The molecule has 0 aliphatic carbocycles. The van der Waals surface area contributed by atoms with Crippen molar-refractivity contribution in [2.24, 2.45) is 0 Å². The van der Waals surface area contributed by atoms with Crippen LogP contribution in [0.1, 0.15) is 13.8 Å². The summed E-state index contributed by atoms with van der Waals surface area (Å²) in [5, 5.41) is 0. The highest BCUT2D eigenvalue weighted by molar-refractivity contribution is 9.11. The van der Waals surface area contributed by atoms with Gasteiger partial charge in [0, 0.05) is 17.7 Å². The second kappa shape index (κ2) is 6.56. The normalized spacial score (nSPS) is 12.6. The predicted molar refractivity (Wildman–Crippen MR) is 85.8 cm³/mol. The molecule has 0 radical (unpaired) electrons. The maximum Gasteiger partial charge on any atom is 0.242 e. The number of nitrogens with one attached hydrogen (secondary N) is 1. The summed E-state index contributed by atoms with van der Waals surface area (Å²) in [4.78, 5) is 2.01. The molecular weight excluding hydrogens is 340 g/mol. The summed E-state index contributed by atoms with van der Waals surface area (Å²) < 4.78 is 28.0. The van der Waals surface area contributed by atoms with Crippen LogP contribution in [0.5, 0.6) is 0 Å². The van der Waals surface area contributed by atoms with Crippen molar-refractivity contribution < 1.29 is 8.42 Å². The van der Waals surface area contributed by atoms with E-state index in [-0.39, 0.29) is 4.90 Å². The molecule has 0 unspecified atom stereocenters. The molecule has 0 fully saturated rings. The smallest absolute Gasteiger partial charge is 0.242 e. The molecule has 110 valence electrons. The summed E-state index contributed by atoms with van der Waals surface area (Å²) in [5.74, 6) is 0. The molecule has 0 saturated carbocycles. The van der Waals surface area contributed by atoms with Crippen LogP contribution in [-0.4, -0.2) is 26.0 Å². The maximum atomic E-state index is 12.3. The van der Waals surface area contributed by atoms with Gasteiger partial charge in [0.15, 0.2) is 0 Å². The first-order chi connectivity index (χ1) is 9.15. The molecular formula is C14H19BrN2O2S. The summed E-state index contributed by atoms with van der Waals surface area (Å²) in [5.41, 5.74) is -0.770. The minimum atomic E-state index is -3.56. The van der Waals surface area contributed by atoms with Crippen LogP contribution in [0.3, 0.4) is 0 Å². The van der Waals surface area contributed by atoms with E-state index in [1.54, 1.807) is 68.4 Å². The van der Waals surface area contributed by atoms with Gasteiger partial charge in [-0.1, -0.05) is 40.7 Å². The Morgan fingerprint density at radius 3 is 2.40 bits per heavy atom. The Balaban J connectivity index is 2.93. The predicted octanol–water partition coefficient (Wildman–Crippen LogP) is 3.06. The summed E-state index contributed by atoms with van der Waals surface area (Å²) >= 11 is 3.22. The molecule has 0 spiro atoms. The lowest BCUT2D eigenvalue weighted by atomic mass is 10.2. The monoisotopic (exact) mass is 358 g/mol. The molecule has 1 N–H and O–H groups in total. The Kier molecular flexibility index (Phi) is 5.56. The Morgan fingerprint density at radius 1 is 1.35 bits per heavy atom. The first kappa shape index (κ1) is 16.9. The quantitative estimate of drug-likeness (QED) is 0.627. The largest absolute Gasteiger partial charge is 0.362 e. The fourth-order valence-corrected chi connectivity index (χ4v) is 2.99. The minimum Gasteiger partial charge on any atom is -0.362 e. The molecule has 0 aliphatic heterocycles. The Hall–Kier alpha value is -1.11. The van der Waals surface area contributed by atoms with Crippen molar-refractivity contribution in [2.45, 2.75) is 24.4 Å². The first-order valence-corrected chi connectivity index (χ1v) is 8.27. The summed E-state index contributed by atoms with van der Waals surface area (Å²) in [7, 11) is -1.77. The topological polar surface area (TPSA) is 49.4 Å². The zero-order valence-electron chi connectivity index (χ0n) is 11.8. The van der Waals surface area contributed by atoms with Gasteiger partial charge in [-0.2, -0.15) is 4.72 Å². The van der Waals surface area contributed by atoms with E-state index in [4.69, 9.17) is 0 Å². The van der Waals surface area contributed by atoms with Crippen molar-refractivity contribution in [3.8, 4) is 0 Å². The molecule has 0 bridgehead atoms. The minimum absolute atomic E-state index is 0.246. The summed E-state index contributed by atoms with van der Waals surface area (Å²) in [6.45, 7) is 7.27. The molecule has 6 heteroatoms. The summed E-state index contributed by atoms with van der Waals surface area (Å²) in [6, 6.07) is 8.30. The average molecular weight is 359 g/mol. The van der Waals surface area contributed by atoms with Crippen molar-refractivity contribution in [3.05, 3.63) is 53.7 Å². The van der Waals surface area contributed by atoms with Crippen LogP contribution in [0, 0.1) is 0 Å². The highest BCUT2D eigenvalue weighted by Crippen LogP contribution is 2.16. The molecule has 0 heterocycles. The molecule has 20 heavy (non-hydrogen) atoms. The number of allylic oxidation sites excluding steroid dienone is 2. The maximum absolute atomic E-state index is 12.3. The van der Waals surface area contributed by atoms with E-state index in [1.165, 1.54) is 0 Å². The zero-order chi connectivity index (χ0) is 15.4. The van der Waals surface area contributed by atoms with E-state index in [1.807, 2.05) is 0 Å². The third kappa shape index (κ3) is 4.77. The van der Waals surface area contributed by atoms with Crippen molar-refractivity contribution in [2.75, 3.05) is 7.05 Å². The van der Waals surface area contributed by atoms with Crippen molar-refractivity contribution in [1.29, 1.82) is 0 Å². The number of benzene rings is 1. The van der Waals surface area contributed by atoms with Gasteiger partial charge in [0.25, 0.3) is 0 Å². The van der Waals surface area contributed by atoms with E-state index in [0.717, 1.165) is 0 Å². The van der Waals surface area contributed by atoms with Crippen LogP contribution in [0.25, 0.3) is 0 Å². The highest BCUT2D eigenvalue weighted by atomic mass is 79.9. The van der Waals surface area contributed by atoms with Gasteiger partial charge in [-0.15, -0.1) is 0 Å². The summed E-state index contributed by atoms with van der Waals surface area (Å²) in [6.07, 6.45) is 3.50. The van der Waals surface area contributed by atoms with Crippen LogP contribution in [0.15, 0.2) is 58.6 Å². The van der Waals surface area contributed by atoms with Crippen LogP contribution in [-0.2, 0) is 10.0 Å². The Morgan fingerprint density at radius 2 is 1.90 bits per heavy atom. The SMILES string of the molecule is C=C(Br)/C=C\N(C)C(C)(C)NS(=O)(=O)c1ccccc1. The van der Waals surface area contributed by atoms with Gasteiger partial charge in [0.2, 0.25) is 10.0 Å². The van der Waals surface area contributed by atoms with Gasteiger partial charge in [-0.05, 0) is 32.1 Å². The molecule has 0 aromatic heterocycles. The van der Waals surface area contributed by atoms with Crippen LogP contribution >= 0.6 is 15.9 Å². The van der Waals surface area contributed by atoms with Gasteiger partial charge in [0.05, 0.1) is 10.6 Å². The van der Waals surface area contributed by atoms with Crippen molar-refractivity contribution >= 4 is 26.0 Å². The number of sulfonamides is 1. The lowest BCUT2D eigenvalue weighted by molar-refractivity contribution is 0.208.